The second kappa shape index (κ2) is 9.88. The molecule has 4 aromatic rings. The summed E-state index contributed by atoms with van der Waals surface area (Å²) >= 11 is 0. The molecule has 7 nitrogen and oxygen atoms in total. The first-order valence-electron chi connectivity index (χ1n) is 10.4. The number of carbonyl (C=O) groups is 1. The zero-order chi connectivity index (χ0) is 24.1. The molecule has 1 amide bonds. The van der Waals surface area contributed by atoms with Crippen LogP contribution in [-0.2, 0) is 21.4 Å². The van der Waals surface area contributed by atoms with Gasteiger partial charge in [0.25, 0.3) is 10.0 Å². The van der Waals surface area contributed by atoms with Gasteiger partial charge in [0.1, 0.15) is 18.1 Å². The van der Waals surface area contributed by atoms with Gasteiger partial charge in [-0.25, -0.2) is 12.8 Å². The van der Waals surface area contributed by atoms with Crippen molar-refractivity contribution >= 4 is 32.4 Å². The number of amides is 1. The molecule has 0 aliphatic carbocycles. The highest BCUT2D eigenvalue weighted by molar-refractivity contribution is 7.93. The van der Waals surface area contributed by atoms with Gasteiger partial charge in [0.15, 0.2) is 0 Å². The lowest BCUT2D eigenvalue weighted by Crippen LogP contribution is -2.40. The quantitative estimate of drug-likeness (QED) is 0.414. The number of nitrogens with zero attached hydrogens (tertiary/aromatic N) is 2. The summed E-state index contributed by atoms with van der Waals surface area (Å²) in [5, 5.41) is 3.87. The molecule has 0 bridgehead atoms. The molecule has 0 radical (unpaired) electrons. The summed E-state index contributed by atoms with van der Waals surface area (Å²) in [5.41, 5.74) is 0.999. The zero-order valence-corrected chi connectivity index (χ0v) is 19.1. The Morgan fingerprint density at radius 3 is 2.47 bits per heavy atom. The Hall–Kier alpha value is -3.98. The van der Waals surface area contributed by atoms with E-state index in [0.29, 0.717) is 27.8 Å². The van der Waals surface area contributed by atoms with Crippen molar-refractivity contribution in [2.45, 2.75) is 11.4 Å². The van der Waals surface area contributed by atoms with Gasteiger partial charge in [-0.05, 0) is 54.1 Å². The van der Waals surface area contributed by atoms with E-state index in [1.807, 2.05) is 0 Å². The van der Waals surface area contributed by atoms with E-state index in [1.165, 1.54) is 31.5 Å². The van der Waals surface area contributed by atoms with Crippen LogP contribution in [-0.4, -0.2) is 33.0 Å². The van der Waals surface area contributed by atoms with Crippen LogP contribution in [0.5, 0.6) is 5.75 Å². The highest BCUT2D eigenvalue weighted by atomic mass is 32.2. The predicted molar refractivity (Wildman–Crippen MR) is 128 cm³/mol. The molecule has 0 saturated carbocycles. The van der Waals surface area contributed by atoms with E-state index in [2.05, 4.69) is 10.3 Å². The van der Waals surface area contributed by atoms with Crippen LogP contribution in [0.2, 0.25) is 0 Å². The number of halogens is 1. The van der Waals surface area contributed by atoms with Crippen LogP contribution in [0.3, 0.4) is 0 Å². The topological polar surface area (TPSA) is 88.6 Å². The number of sulfonamides is 1. The number of rotatable bonds is 8. The monoisotopic (exact) mass is 479 g/mol. The minimum atomic E-state index is -4.13. The number of hydrogen-bond donors (Lipinski definition) is 1. The average Bonchev–Trinajstić information content (AvgIpc) is 2.86. The number of pyridine rings is 1. The molecule has 0 atom stereocenters. The number of aromatic nitrogens is 1. The Morgan fingerprint density at radius 1 is 1.03 bits per heavy atom. The molecule has 3 aromatic carbocycles. The second-order valence-electron chi connectivity index (χ2n) is 7.47. The van der Waals surface area contributed by atoms with Gasteiger partial charge in [-0.1, -0.05) is 24.3 Å². The van der Waals surface area contributed by atoms with E-state index in [0.717, 1.165) is 4.31 Å². The summed E-state index contributed by atoms with van der Waals surface area (Å²) < 4.78 is 47.0. The maximum absolute atomic E-state index is 13.8. The van der Waals surface area contributed by atoms with E-state index in [9.17, 15) is 17.6 Å². The van der Waals surface area contributed by atoms with Gasteiger partial charge in [0.2, 0.25) is 5.91 Å². The molecule has 0 aliphatic heterocycles. The Kier molecular flexibility index (Phi) is 6.74. The van der Waals surface area contributed by atoms with Crippen LogP contribution >= 0.6 is 0 Å². The van der Waals surface area contributed by atoms with Crippen LogP contribution in [0.4, 0.5) is 10.1 Å². The summed E-state index contributed by atoms with van der Waals surface area (Å²) in [6.45, 7) is -0.313. The summed E-state index contributed by atoms with van der Waals surface area (Å²) in [7, 11) is -2.62. The maximum Gasteiger partial charge on any atom is 0.265 e. The van der Waals surface area contributed by atoms with E-state index in [-0.39, 0.29) is 17.3 Å². The summed E-state index contributed by atoms with van der Waals surface area (Å²) in [4.78, 5) is 16.9. The number of carbonyl (C=O) groups excluding carboxylic acids is 1. The molecule has 0 spiro atoms. The number of methoxy groups -OCH3 is 1. The first-order valence-corrected chi connectivity index (χ1v) is 11.8. The summed E-state index contributed by atoms with van der Waals surface area (Å²) in [6, 6.07) is 18.7. The molecular formula is C25H22FN3O4S. The van der Waals surface area contributed by atoms with Gasteiger partial charge in [0, 0.05) is 29.7 Å². The Bertz CT molecular complexity index is 1400. The summed E-state index contributed by atoms with van der Waals surface area (Å²) in [5.74, 6) is -0.333. The minimum Gasteiger partial charge on any atom is -0.497 e. The van der Waals surface area contributed by atoms with Crippen molar-refractivity contribution in [3.05, 3.63) is 96.6 Å². The molecule has 0 aliphatic rings. The number of benzene rings is 3. The lowest BCUT2D eigenvalue weighted by molar-refractivity contribution is -0.119. The first-order chi connectivity index (χ1) is 16.4. The van der Waals surface area contributed by atoms with Crippen LogP contribution < -0.4 is 14.4 Å². The van der Waals surface area contributed by atoms with Gasteiger partial charge in [-0.3, -0.25) is 14.1 Å². The molecular weight excluding hydrogens is 457 g/mol. The van der Waals surface area contributed by atoms with E-state index in [4.69, 9.17) is 4.74 Å². The third-order valence-electron chi connectivity index (χ3n) is 5.26. The molecule has 174 valence electrons. The fraction of sp³-hybridized carbons (Fsp3) is 0.120. The lowest BCUT2D eigenvalue weighted by Gasteiger charge is -2.25. The molecule has 1 heterocycles. The zero-order valence-electron chi connectivity index (χ0n) is 18.3. The van der Waals surface area contributed by atoms with Crippen molar-refractivity contribution in [3.8, 4) is 5.75 Å². The maximum atomic E-state index is 13.8. The molecule has 9 heteroatoms. The normalized spacial score (nSPS) is 11.2. The van der Waals surface area contributed by atoms with Crippen LogP contribution in [0.1, 0.15) is 5.56 Å². The third-order valence-corrected chi connectivity index (χ3v) is 7.09. The molecule has 34 heavy (non-hydrogen) atoms. The van der Waals surface area contributed by atoms with Crippen LogP contribution in [0.25, 0.3) is 10.8 Å². The molecule has 1 aromatic heterocycles. The van der Waals surface area contributed by atoms with E-state index < -0.39 is 22.5 Å². The van der Waals surface area contributed by atoms with Crippen molar-refractivity contribution in [2.24, 2.45) is 0 Å². The van der Waals surface area contributed by atoms with E-state index >= 15 is 0 Å². The number of ether oxygens (including phenoxy) is 1. The van der Waals surface area contributed by atoms with Gasteiger partial charge >= 0.3 is 0 Å². The van der Waals surface area contributed by atoms with Crippen LogP contribution in [0, 0.1) is 5.82 Å². The number of anilines is 1. The smallest absolute Gasteiger partial charge is 0.265 e. The SMILES string of the molecule is COc1ccc(N(CC(=O)NCc2ccc(F)cc2)S(=O)(=O)c2cccc3cnccc23)cc1. The molecule has 4 rings (SSSR count). The van der Waals surface area contributed by atoms with Crippen molar-refractivity contribution in [1.82, 2.24) is 10.3 Å². The lowest BCUT2D eigenvalue weighted by atomic mass is 10.2. The molecule has 1 N–H and O–H groups in total. The predicted octanol–water partition coefficient (Wildman–Crippen LogP) is 3.89. The second-order valence-corrected chi connectivity index (χ2v) is 9.30. The number of hydrogen-bond acceptors (Lipinski definition) is 5. The number of fused-ring (bicyclic) bond motifs is 1. The highest BCUT2D eigenvalue weighted by Gasteiger charge is 2.28. The van der Waals surface area contributed by atoms with Crippen molar-refractivity contribution in [3.63, 3.8) is 0 Å². The van der Waals surface area contributed by atoms with Crippen molar-refractivity contribution in [1.29, 1.82) is 0 Å². The average molecular weight is 480 g/mol. The minimum absolute atomic E-state index is 0.0644. The molecule has 0 fully saturated rings. The van der Waals surface area contributed by atoms with Gasteiger partial charge in [0.05, 0.1) is 17.7 Å². The molecule has 0 unspecified atom stereocenters. The Labute approximate surface area is 196 Å². The third kappa shape index (κ3) is 4.99. The molecule has 0 saturated heterocycles. The largest absolute Gasteiger partial charge is 0.497 e. The van der Waals surface area contributed by atoms with Gasteiger partial charge in [-0.15, -0.1) is 0 Å². The highest BCUT2D eigenvalue weighted by Crippen LogP contribution is 2.29. The fourth-order valence-electron chi connectivity index (χ4n) is 3.49. The summed E-state index contributed by atoms with van der Waals surface area (Å²) in [6.07, 6.45) is 3.11. The van der Waals surface area contributed by atoms with Crippen LogP contribution in [0.15, 0.2) is 90.1 Å². The fourth-order valence-corrected chi connectivity index (χ4v) is 5.13. The first kappa shape index (κ1) is 23.2. The van der Waals surface area contributed by atoms with E-state index in [1.54, 1.807) is 60.8 Å². The van der Waals surface area contributed by atoms with Gasteiger partial charge < -0.3 is 10.1 Å². The number of nitrogens with one attached hydrogen (secondary N) is 1. The Morgan fingerprint density at radius 2 is 1.76 bits per heavy atom. The Balaban J connectivity index is 1.67. The van der Waals surface area contributed by atoms with Crippen molar-refractivity contribution < 1.29 is 22.3 Å². The standard InChI is InChI=1S/C25H22FN3O4S/c1-33-22-11-9-21(10-12-22)29(17-25(30)28-15-18-5-7-20(26)8-6-18)34(31,32)24-4-2-3-19-16-27-14-13-23(19)24/h2-14,16H,15,17H2,1H3,(H,28,30). The van der Waals surface area contributed by atoms with Crippen molar-refractivity contribution in [2.75, 3.05) is 18.0 Å². The van der Waals surface area contributed by atoms with Gasteiger partial charge in [-0.2, -0.15) is 0 Å².